The van der Waals surface area contributed by atoms with Gasteiger partial charge in [0.2, 0.25) is 0 Å². The number of nitriles is 1. The monoisotopic (exact) mass is 341 g/mol. The fraction of sp³-hybridized carbons (Fsp3) is 0.176. The van der Waals surface area contributed by atoms with E-state index in [4.69, 9.17) is 14.7 Å². The first-order valence-electron chi connectivity index (χ1n) is 7.30. The highest BCUT2D eigenvalue weighted by molar-refractivity contribution is 6.07. The number of rotatable bonds is 6. The Bertz CT molecular complexity index is 841. The summed E-state index contributed by atoms with van der Waals surface area (Å²) in [5.41, 5.74) is 0.672. The minimum atomic E-state index is -0.528. The molecule has 0 fully saturated rings. The fourth-order valence-corrected chi connectivity index (χ4v) is 2.15. The molecule has 25 heavy (non-hydrogen) atoms. The number of hydrogen-bond acceptors (Lipinski definition) is 6. The largest absolute Gasteiger partial charge is 0.493 e. The molecule has 0 spiro atoms. The van der Waals surface area contributed by atoms with Crippen LogP contribution in [0.3, 0.4) is 0 Å². The minimum Gasteiger partial charge on any atom is -0.493 e. The number of nitrogens with zero attached hydrogens (tertiary/aromatic N) is 2. The van der Waals surface area contributed by atoms with E-state index in [1.807, 2.05) is 6.07 Å². The van der Waals surface area contributed by atoms with Crippen molar-refractivity contribution in [2.24, 2.45) is 0 Å². The van der Waals surface area contributed by atoms with Crippen molar-refractivity contribution < 1.29 is 19.2 Å². The van der Waals surface area contributed by atoms with E-state index in [-0.39, 0.29) is 28.3 Å². The van der Waals surface area contributed by atoms with Crippen LogP contribution in [0, 0.1) is 21.4 Å². The third-order valence-electron chi connectivity index (χ3n) is 3.27. The lowest BCUT2D eigenvalue weighted by Gasteiger charge is -2.14. The molecule has 8 heteroatoms. The molecule has 1 amide bonds. The summed E-state index contributed by atoms with van der Waals surface area (Å²) in [6, 6.07) is 10.2. The summed E-state index contributed by atoms with van der Waals surface area (Å²) in [6.45, 7) is 2.07. The van der Waals surface area contributed by atoms with Gasteiger partial charge in [0.25, 0.3) is 11.6 Å². The molecule has 0 radical (unpaired) electrons. The minimum absolute atomic E-state index is 0.0823. The third-order valence-corrected chi connectivity index (χ3v) is 3.27. The van der Waals surface area contributed by atoms with Gasteiger partial charge in [-0.25, -0.2) is 0 Å². The van der Waals surface area contributed by atoms with Crippen molar-refractivity contribution in [2.45, 2.75) is 6.92 Å². The van der Waals surface area contributed by atoms with Gasteiger partial charge in [-0.15, -0.1) is 0 Å². The average molecular weight is 341 g/mol. The van der Waals surface area contributed by atoms with Gasteiger partial charge in [-0.2, -0.15) is 5.26 Å². The van der Waals surface area contributed by atoms with Crippen molar-refractivity contribution in [1.29, 1.82) is 5.26 Å². The lowest BCUT2D eigenvalue weighted by atomic mass is 10.1. The summed E-state index contributed by atoms with van der Waals surface area (Å²) in [5.74, 6) is -0.0223. The van der Waals surface area contributed by atoms with E-state index in [0.717, 1.165) is 0 Å². The molecule has 2 aromatic carbocycles. The van der Waals surface area contributed by atoms with Crippen LogP contribution in [0.1, 0.15) is 22.8 Å². The Morgan fingerprint density at radius 2 is 2.00 bits per heavy atom. The van der Waals surface area contributed by atoms with Crippen molar-refractivity contribution in [2.75, 3.05) is 19.0 Å². The number of carbonyl (C=O) groups is 1. The van der Waals surface area contributed by atoms with E-state index < -0.39 is 10.8 Å². The molecule has 0 saturated heterocycles. The second-order valence-corrected chi connectivity index (χ2v) is 4.86. The molecule has 0 aliphatic heterocycles. The van der Waals surface area contributed by atoms with Gasteiger partial charge in [-0.1, -0.05) is 0 Å². The lowest BCUT2D eigenvalue weighted by molar-refractivity contribution is -0.384. The second-order valence-electron chi connectivity index (χ2n) is 4.86. The van der Waals surface area contributed by atoms with E-state index in [9.17, 15) is 14.9 Å². The van der Waals surface area contributed by atoms with Crippen LogP contribution in [0.25, 0.3) is 0 Å². The van der Waals surface area contributed by atoms with Crippen molar-refractivity contribution >= 4 is 17.3 Å². The number of carbonyl (C=O) groups excluding carboxylic acids is 1. The molecule has 8 nitrogen and oxygen atoms in total. The first-order chi connectivity index (χ1) is 12.0. The van der Waals surface area contributed by atoms with Gasteiger partial charge in [0, 0.05) is 23.9 Å². The number of nitro groups is 1. The van der Waals surface area contributed by atoms with Crippen molar-refractivity contribution in [3.63, 3.8) is 0 Å². The molecule has 0 aromatic heterocycles. The first kappa shape index (κ1) is 17.7. The van der Waals surface area contributed by atoms with Gasteiger partial charge >= 0.3 is 0 Å². The quantitative estimate of drug-likeness (QED) is 0.637. The zero-order valence-electron chi connectivity index (χ0n) is 13.6. The number of amides is 1. The summed E-state index contributed by atoms with van der Waals surface area (Å²) in [7, 11) is 1.41. The van der Waals surface area contributed by atoms with Crippen LogP contribution in [-0.2, 0) is 0 Å². The summed E-state index contributed by atoms with van der Waals surface area (Å²) >= 11 is 0. The molecule has 128 valence electrons. The predicted octanol–water partition coefficient (Wildman–Crippen LogP) is 3.13. The van der Waals surface area contributed by atoms with Gasteiger partial charge in [-0.3, -0.25) is 14.9 Å². The zero-order valence-corrected chi connectivity index (χ0v) is 13.6. The molecule has 0 aliphatic rings. The van der Waals surface area contributed by atoms with Gasteiger partial charge in [0.15, 0.2) is 11.5 Å². The van der Waals surface area contributed by atoms with Crippen LogP contribution in [0.2, 0.25) is 0 Å². The molecule has 0 saturated carbocycles. The Kier molecular flexibility index (Phi) is 5.53. The van der Waals surface area contributed by atoms with Gasteiger partial charge in [0.1, 0.15) is 0 Å². The predicted molar refractivity (Wildman–Crippen MR) is 89.9 cm³/mol. The molecule has 0 unspecified atom stereocenters. The maximum atomic E-state index is 12.6. The first-order valence-corrected chi connectivity index (χ1v) is 7.30. The van der Waals surface area contributed by atoms with Crippen LogP contribution in [0.4, 0.5) is 11.4 Å². The smallest absolute Gasteiger partial charge is 0.269 e. The summed E-state index contributed by atoms with van der Waals surface area (Å²) in [5, 5.41) is 22.4. The number of anilines is 1. The molecule has 1 N–H and O–H groups in total. The summed E-state index contributed by atoms with van der Waals surface area (Å²) in [4.78, 5) is 22.7. The molecular weight excluding hydrogens is 326 g/mol. The van der Waals surface area contributed by atoms with Crippen LogP contribution >= 0.6 is 0 Å². The Morgan fingerprint density at radius 1 is 1.32 bits per heavy atom. The molecule has 0 heterocycles. The van der Waals surface area contributed by atoms with E-state index >= 15 is 0 Å². The zero-order chi connectivity index (χ0) is 18.4. The number of benzene rings is 2. The third kappa shape index (κ3) is 4.03. The Hall–Kier alpha value is -3.60. The van der Waals surface area contributed by atoms with Crippen LogP contribution < -0.4 is 14.8 Å². The van der Waals surface area contributed by atoms with Crippen molar-refractivity contribution in [3.8, 4) is 17.6 Å². The highest BCUT2D eigenvalue weighted by Crippen LogP contribution is 2.33. The maximum absolute atomic E-state index is 12.6. The maximum Gasteiger partial charge on any atom is 0.269 e. The number of ether oxygens (including phenoxy) is 2. The van der Waals surface area contributed by atoms with Crippen LogP contribution in [0.5, 0.6) is 11.5 Å². The van der Waals surface area contributed by atoms with Crippen molar-refractivity contribution in [3.05, 3.63) is 57.6 Å². The SMILES string of the molecule is CCOc1c(OC)cc(C#N)cc1C(=O)Nc1ccc([N+](=O)[O-])cc1. The normalized spacial score (nSPS) is 9.80. The average Bonchev–Trinajstić information content (AvgIpc) is 2.62. The van der Waals surface area contributed by atoms with Gasteiger partial charge < -0.3 is 14.8 Å². The summed E-state index contributed by atoms with van der Waals surface area (Å²) < 4.78 is 10.7. The Balaban J connectivity index is 2.37. The van der Waals surface area contributed by atoms with E-state index in [1.54, 1.807) is 6.92 Å². The molecule has 2 rings (SSSR count). The molecular formula is C17H15N3O5. The van der Waals surface area contributed by atoms with Gasteiger partial charge in [0.05, 0.1) is 35.8 Å². The number of nitrogens with one attached hydrogen (secondary N) is 1. The van der Waals surface area contributed by atoms with E-state index in [2.05, 4.69) is 5.32 Å². The van der Waals surface area contributed by atoms with E-state index in [1.165, 1.54) is 43.5 Å². The Labute approximate surface area is 143 Å². The number of methoxy groups -OCH3 is 1. The van der Waals surface area contributed by atoms with E-state index in [0.29, 0.717) is 12.3 Å². The molecule has 0 aliphatic carbocycles. The van der Waals surface area contributed by atoms with Crippen molar-refractivity contribution in [1.82, 2.24) is 0 Å². The number of non-ortho nitro benzene ring substituents is 1. The topological polar surface area (TPSA) is 114 Å². The highest BCUT2D eigenvalue weighted by atomic mass is 16.6. The molecule has 2 aromatic rings. The number of nitro benzene ring substituents is 1. The van der Waals surface area contributed by atoms with Crippen LogP contribution in [-0.4, -0.2) is 24.5 Å². The summed E-state index contributed by atoms with van der Waals surface area (Å²) in [6.07, 6.45) is 0. The highest BCUT2D eigenvalue weighted by Gasteiger charge is 2.19. The van der Waals surface area contributed by atoms with Gasteiger partial charge in [-0.05, 0) is 25.1 Å². The number of hydrogen-bond donors (Lipinski definition) is 1. The fourth-order valence-electron chi connectivity index (χ4n) is 2.15. The lowest BCUT2D eigenvalue weighted by Crippen LogP contribution is -2.14. The standard InChI is InChI=1S/C17H15N3O5/c1-3-25-16-14(8-11(10-18)9-15(16)24-2)17(21)19-12-4-6-13(7-5-12)20(22)23/h4-9H,3H2,1-2H3,(H,19,21). The second kappa shape index (κ2) is 7.79. The molecule has 0 bridgehead atoms. The van der Waals surface area contributed by atoms with Crippen LogP contribution in [0.15, 0.2) is 36.4 Å². The molecule has 0 atom stereocenters. The Morgan fingerprint density at radius 3 is 2.52 bits per heavy atom.